The van der Waals surface area contributed by atoms with Gasteiger partial charge in [0.25, 0.3) is 0 Å². The fraction of sp³-hybridized carbons (Fsp3) is 0.583. The second-order valence-electron chi connectivity index (χ2n) is 4.27. The van der Waals surface area contributed by atoms with Crippen LogP contribution in [-0.4, -0.2) is 30.4 Å². The van der Waals surface area contributed by atoms with Gasteiger partial charge in [-0.2, -0.15) is 0 Å². The number of anilines is 1. The number of ether oxygens (including phenoxy) is 2. The van der Waals surface area contributed by atoms with Gasteiger partial charge in [-0.3, -0.25) is 0 Å². The minimum absolute atomic E-state index is 0.310. The zero-order valence-electron chi connectivity index (χ0n) is 10.0. The molecule has 1 aromatic heterocycles. The van der Waals surface area contributed by atoms with Crippen LogP contribution >= 0.6 is 0 Å². The van der Waals surface area contributed by atoms with E-state index in [-0.39, 0.29) is 5.97 Å². The number of hydrogen-bond donors (Lipinski definition) is 1. The molecule has 1 aliphatic rings. The van der Waals surface area contributed by atoms with Crippen LogP contribution < -0.4 is 5.73 Å². The first-order valence-electron chi connectivity index (χ1n) is 5.91. The monoisotopic (exact) mass is 238 g/mol. The Balaban J connectivity index is 1.93. The van der Waals surface area contributed by atoms with Crippen molar-refractivity contribution >= 4 is 11.7 Å². The van der Waals surface area contributed by atoms with E-state index in [1.54, 1.807) is 16.8 Å². The van der Waals surface area contributed by atoms with Crippen LogP contribution in [0.1, 0.15) is 23.8 Å². The van der Waals surface area contributed by atoms with Crippen molar-refractivity contribution in [3.63, 3.8) is 0 Å². The van der Waals surface area contributed by atoms with Crippen LogP contribution in [-0.2, 0) is 16.0 Å². The zero-order chi connectivity index (χ0) is 12.3. The molecule has 1 aromatic rings. The van der Waals surface area contributed by atoms with E-state index >= 15 is 0 Å². The normalized spacial score (nSPS) is 19.5. The van der Waals surface area contributed by atoms with Gasteiger partial charge in [0.05, 0.1) is 18.9 Å². The van der Waals surface area contributed by atoms with E-state index in [0.717, 1.165) is 13.0 Å². The number of esters is 1. The lowest BCUT2D eigenvalue weighted by atomic mass is 10.1. The van der Waals surface area contributed by atoms with Crippen LogP contribution in [0.15, 0.2) is 12.3 Å². The van der Waals surface area contributed by atoms with Crippen molar-refractivity contribution in [3.8, 4) is 0 Å². The van der Waals surface area contributed by atoms with Crippen molar-refractivity contribution < 1.29 is 14.3 Å². The summed E-state index contributed by atoms with van der Waals surface area (Å²) in [4.78, 5) is 11.9. The second-order valence-corrected chi connectivity index (χ2v) is 4.27. The summed E-state index contributed by atoms with van der Waals surface area (Å²) in [6, 6.07) is 1.65. The zero-order valence-corrected chi connectivity index (χ0v) is 10.0. The Morgan fingerprint density at radius 2 is 2.53 bits per heavy atom. The molecule has 0 spiro atoms. The Labute approximate surface area is 100 Å². The molecular weight excluding hydrogens is 220 g/mol. The van der Waals surface area contributed by atoms with Gasteiger partial charge in [-0.05, 0) is 19.4 Å². The van der Waals surface area contributed by atoms with Crippen LogP contribution in [0.25, 0.3) is 0 Å². The van der Waals surface area contributed by atoms with E-state index in [0.29, 0.717) is 37.1 Å². The van der Waals surface area contributed by atoms with Crippen LogP contribution in [0.5, 0.6) is 0 Å². The van der Waals surface area contributed by atoms with Crippen LogP contribution in [0.2, 0.25) is 0 Å². The number of rotatable bonds is 4. The number of aromatic nitrogens is 1. The summed E-state index contributed by atoms with van der Waals surface area (Å²) < 4.78 is 12.3. The van der Waals surface area contributed by atoms with Crippen molar-refractivity contribution in [1.82, 2.24) is 4.57 Å². The van der Waals surface area contributed by atoms with Crippen LogP contribution in [0.3, 0.4) is 0 Å². The maximum absolute atomic E-state index is 11.9. The molecule has 2 heterocycles. The maximum atomic E-state index is 11.9. The lowest BCUT2D eigenvalue weighted by molar-refractivity contribution is 0.0416. The van der Waals surface area contributed by atoms with Gasteiger partial charge in [0.1, 0.15) is 5.69 Å². The minimum atomic E-state index is -0.310. The number of carbonyl (C=O) groups excluding carboxylic acids is 1. The van der Waals surface area contributed by atoms with Gasteiger partial charge in [0.2, 0.25) is 0 Å². The van der Waals surface area contributed by atoms with E-state index in [1.165, 1.54) is 0 Å². The number of nitrogen functional groups attached to an aromatic ring is 1. The van der Waals surface area contributed by atoms with E-state index in [2.05, 4.69) is 0 Å². The quantitative estimate of drug-likeness (QED) is 0.802. The molecule has 0 aromatic carbocycles. The minimum Gasteiger partial charge on any atom is -0.461 e. The average Bonchev–Trinajstić information content (AvgIpc) is 2.94. The Morgan fingerprint density at radius 3 is 3.18 bits per heavy atom. The first-order valence-corrected chi connectivity index (χ1v) is 5.91. The summed E-state index contributed by atoms with van der Waals surface area (Å²) in [5, 5.41) is 0. The first kappa shape index (κ1) is 12.0. The summed E-state index contributed by atoms with van der Waals surface area (Å²) in [5.41, 5.74) is 6.77. The number of nitrogens with two attached hydrogens (primary N) is 1. The maximum Gasteiger partial charge on any atom is 0.355 e. The number of nitrogens with zero attached hydrogens (tertiary/aromatic N) is 1. The summed E-state index contributed by atoms with van der Waals surface area (Å²) in [7, 11) is 0. The Hall–Kier alpha value is -1.49. The molecule has 0 saturated carbocycles. The third kappa shape index (κ3) is 2.79. The SMILES string of the molecule is CCn1cc(N)cc1C(=O)OCC1CCOC1. The average molecular weight is 238 g/mol. The van der Waals surface area contributed by atoms with Crippen molar-refractivity contribution in [1.29, 1.82) is 0 Å². The molecule has 5 heteroatoms. The lowest BCUT2D eigenvalue weighted by Crippen LogP contribution is -2.16. The molecular formula is C12H18N2O3. The highest BCUT2D eigenvalue weighted by Crippen LogP contribution is 2.15. The van der Waals surface area contributed by atoms with Gasteiger partial charge in [-0.15, -0.1) is 0 Å². The smallest absolute Gasteiger partial charge is 0.355 e. The van der Waals surface area contributed by atoms with Gasteiger partial charge in [-0.1, -0.05) is 0 Å². The molecule has 0 amide bonds. The highest BCUT2D eigenvalue weighted by molar-refractivity contribution is 5.89. The topological polar surface area (TPSA) is 66.5 Å². The molecule has 5 nitrogen and oxygen atoms in total. The van der Waals surface area contributed by atoms with Gasteiger partial charge >= 0.3 is 5.97 Å². The molecule has 1 saturated heterocycles. The third-order valence-corrected chi connectivity index (χ3v) is 2.94. The summed E-state index contributed by atoms with van der Waals surface area (Å²) in [6.07, 6.45) is 2.71. The predicted octanol–water partition coefficient (Wildman–Crippen LogP) is 1.28. The van der Waals surface area contributed by atoms with Gasteiger partial charge in [-0.25, -0.2) is 4.79 Å². The fourth-order valence-corrected chi connectivity index (χ4v) is 1.95. The standard InChI is InChI=1S/C12H18N2O3/c1-2-14-6-10(13)5-11(14)12(15)17-8-9-3-4-16-7-9/h5-6,9H,2-4,7-8,13H2,1H3. The van der Waals surface area contributed by atoms with E-state index < -0.39 is 0 Å². The Bertz CT molecular complexity index is 394. The molecule has 0 radical (unpaired) electrons. The van der Waals surface area contributed by atoms with Crippen molar-refractivity contribution in [3.05, 3.63) is 18.0 Å². The summed E-state index contributed by atoms with van der Waals surface area (Å²) >= 11 is 0. The Kier molecular flexibility index (Phi) is 3.68. The van der Waals surface area contributed by atoms with Crippen LogP contribution in [0, 0.1) is 5.92 Å². The largest absolute Gasteiger partial charge is 0.461 e. The molecule has 1 unspecified atom stereocenters. The number of carbonyl (C=O) groups is 1. The number of aryl methyl sites for hydroxylation is 1. The van der Waals surface area contributed by atoms with Crippen molar-refractivity contribution in [2.45, 2.75) is 19.9 Å². The predicted molar refractivity (Wildman–Crippen MR) is 63.7 cm³/mol. The van der Waals surface area contributed by atoms with E-state index in [4.69, 9.17) is 15.2 Å². The molecule has 2 N–H and O–H groups in total. The van der Waals surface area contributed by atoms with Crippen molar-refractivity contribution in [2.24, 2.45) is 5.92 Å². The summed E-state index contributed by atoms with van der Waals surface area (Å²) in [5.74, 6) is 0.0248. The van der Waals surface area contributed by atoms with Crippen molar-refractivity contribution in [2.75, 3.05) is 25.6 Å². The van der Waals surface area contributed by atoms with E-state index in [1.807, 2.05) is 6.92 Å². The van der Waals surface area contributed by atoms with Gasteiger partial charge in [0.15, 0.2) is 0 Å². The van der Waals surface area contributed by atoms with E-state index in [9.17, 15) is 4.79 Å². The molecule has 1 atom stereocenters. The fourth-order valence-electron chi connectivity index (χ4n) is 1.95. The Morgan fingerprint density at radius 1 is 1.71 bits per heavy atom. The molecule has 1 aliphatic heterocycles. The first-order chi connectivity index (χ1) is 8.20. The molecule has 0 aliphatic carbocycles. The summed E-state index contributed by atoms with van der Waals surface area (Å²) in [6.45, 7) is 4.54. The van der Waals surface area contributed by atoms with Gasteiger partial charge in [0, 0.05) is 25.3 Å². The van der Waals surface area contributed by atoms with Gasteiger partial charge < -0.3 is 19.8 Å². The second kappa shape index (κ2) is 5.23. The van der Waals surface area contributed by atoms with Crippen LogP contribution in [0.4, 0.5) is 5.69 Å². The molecule has 1 fully saturated rings. The molecule has 94 valence electrons. The molecule has 0 bridgehead atoms. The lowest BCUT2D eigenvalue weighted by Gasteiger charge is -2.10. The highest BCUT2D eigenvalue weighted by Gasteiger charge is 2.19. The molecule has 17 heavy (non-hydrogen) atoms. The molecule has 2 rings (SSSR count). The highest BCUT2D eigenvalue weighted by atomic mass is 16.5. The number of hydrogen-bond acceptors (Lipinski definition) is 4. The third-order valence-electron chi connectivity index (χ3n) is 2.94.